The van der Waals surface area contributed by atoms with Crippen molar-refractivity contribution >= 4 is 5.78 Å². The summed E-state index contributed by atoms with van der Waals surface area (Å²) in [5.41, 5.74) is 2.31. The van der Waals surface area contributed by atoms with Gasteiger partial charge in [-0.05, 0) is 43.6 Å². The van der Waals surface area contributed by atoms with Crippen LogP contribution in [0.4, 0.5) is 0 Å². The van der Waals surface area contributed by atoms with Gasteiger partial charge in [0.1, 0.15) is 0 Å². The number of rotatable bonds is 0. The van der Waals surface area contributed by atoms with Crippen molar-refractivity contribution in [2.45, 2.75) is 45.6 Å². The predicted octanol–water partition coefficient (Wildman–Crippen LogP) is 2.07. The molecule has 0 aromatic heterocycles. The molecule has 3 atom stereocenters. The fourth-order valence-corrected chi connectivity index (χ4v) is 2.88. The van der Waals surface area contributed by atoms with Crippen molar-refractivity contribution in [3.63, 3.8) is 0 Å². The quantitative estimate of drug-likeness (QED) is 0.641. The van der Waals surface area contributed by atoms with E-state index in [1.165, 1.54) is 5.57 Å². The van der Waals surface area contributed by atoms with Crippen molar-refractivity contribution in [1.82, 2.24) is 0 Å². The standard InChI is InChI=1S/C12H18O2/c1-7-5-9(13)3-4-10-8(2)12(14)6-11(7)10/h7,9,11,13H,3-6H2,1-2H3/t7-,9+,11-/m0/s1. The van der Waals surface area contributed by atoms with Gasteiger partial charge in [-0.3, -0.25) is 4.79 Å². The number of aliphatic hydroxyl groups is 1. The zero-order valence-electron chi connectivity index (χ0n) is 8.92. The van der Waals surface area contributed by atoms with Crippen LogP contribution in [0, 0.1) is 11.8 Å². The zero-order chi connectivity index (χ0) is 10.3. The summed E-state index contributed by atoms with van der Waals surface area (Å²) >= 11 is 0. The van der Waals surface area contributed by atoms with Gasteiger partial charge in [0.05, 0.1) is 6.10 Å². The minimum Gasteiger partial charge on any atom is -0.393 e. The van der Waals surface area contributed by atoms with Gasteiger partial charge in [0, 0.05) is 6.42 Å². The normalized spacial score (nSPS) is 38.5. The van der Waals surface area contributed by atoms with E-state index < -0.39 is 0 Å². The molecule has 2 aliphatic carbocycles. The van der Waals surface area contributed by atoms with Crippen molar-refractivity contribution in [3.05, 3.63) is 11.1 Å². The second-order valence-electron chi connectivity index (χ2n) is 4.79. The monoisotopic (exact) mass is 194 g/mol. The molecule has 2 heteroatoms. The van der Waals surface area contributed by atoms with Crippen molar-refractivity contribution in [1.29, 1.82) is 0 Å². The molecule has 1 N–H and O–H groups in total. The molecule has 2 nitrogen and oxygen atoms in total. The maximum absolute atomic E-state index is 11.6. The highest BCUT2D eigenvalue weighted by Crippen LogP contribution is 2.41. The fraction of sp³-hybridized carbons (Fsp3) is 0.750. The lowest BCUT2D eigenvalue weighted by atomic mass is 9.86. The molecule has 0 amide bonds. The zero-order valence-corrected chi connectivity index (χ0v) is 8.92. The minimum atomic E-state index is -0.161. The molecule has 78 valence electrons. The van der Waals surface area contributed by atoms with E-state index in [4.69, 9.17) is 0 Å². The van der Waals surface area contributed by atoms with E-state index in [2.05, 4.69) is 6.92 Å². The van der Waals surface area contributed by atoms with Gasteiger partial charge in [-0.25, -0.2) is 0 Å². The van der Waals surface area contributed by atoms with Crippen molar-refractivity contribution in [2.75, 3.05) is 0 Å². The van der Waals surface area contributed by atoms with Gasteiger partial charge in [0.15, 0.2) is 5.78 Å². The van der Waals surface area contributed by atoms with Crippen molar-refractivity contribution in [3.8, 4) is 0 Å². The van der Waals surface area contributed by atoms with Gasteiger partial charge >= 0.3 is 0 Å². The Labute approximate surface area is 85.0 Å². The molecule has 1 fully saturated rings. The largest absolute Gasteiger partial charge is 0.393 e. The first-order valence-electron chi connectivity index (χ1n) is 5.50. The summed E-state index contributed by atoms with van der Waals surface area (Å²) in [4.78, 5) is 11.6. The first-order chi connectivity index (χ1) is 6.59. The highest BCUT2D eigenvalue weighted by molar-refractivity contribution is 5.98. The van der Waals surface area contributed by atoms with Gasteiger partial charge in [-0.2, -0.15) is 0 Å². The summed E-state index contributed by atoms with van der Waals surface area (Å²) in [7, 11) is 0. The van der Waals surface area contributed by atoms with Crippen LogP contribution < -0.4 is 0 Å². The maximum Gasteiger partial charge on any atom is 0.159 e. The van der Waals surface area contributed by atoms with Crippen LogP contribution in [0.25, 0.3) is 0 Å². The van der Waals surface area contributed by atoms with E-state index in [0.717, 1.165) is 24.8 Å². The molecule has 0 aliphatic heterocycles. The van der Waals surface area contributed by atoms with Crippen molar-refractivity contribution < 1.29 is 9.90 Å². The fourth-order valence-electron chi connectivity index (χ4n) is 2.88. The van der Waals surface area contributed by atoms with Crippen LogP contribution in [0.5, 0.6) is 0 Å². The number of fused-ring (bicyclic) bond motifs is 1. The third kappa shape index (κ3) is 1.52. The molecule has 2 aliphatic rings. The summed E-state index contributed by atoms with van der Waals surface area (Å²) in [5.74, 6) is 1.22. The van der Waals surface area contributed by atoms with Crippen LogP contribution in [0.3, 0.4) is 0 Å². The van der Waals surface area contributed by atoms with Gasteiger partial charge in [0.2, 0.25) is 0 Å². The molecule has 0 spiro atoms. The molecule has 1 saturated carbocycles. The number of hydrogen-bond acceptors (Lipinski definition) is 2. The second kappa shape index (κ2) is 3.50. The second-order valence-corrected chi connectivity index (χ2v) is 4.79. The number of hydrogen-bond donors (Lipinski definition) is 1. The summed E-state index contributed by atoms with van der Waals surface area (Å²) in [6, 6.07) is 0. The van der Waals surface area contributed by atoms with E-state index >= 15 is 0 Å². The number of carbonyl (C=O) groups excluding carboxylic acids is 1. The minimum absolute atomic E-state index is 0.161. The molecular weight excluding hydrogens is 176 g/mol. The molecule has 0 bridgehead atoms. The van der Waals surface area contributed by atoms with Crippen LogP contribution in [0.1, 0.15) is 39.5 Å². The molecule has 0 aromatic carbocycles. The SMILES string of the molecule is CC1=C2CC[C@@H](O)C[C@H](C)[C@@H]2CC1=O. The van der Waals surface area contributed by atoms with E-state index in [1.54, 1.807) is 0 Å². The van der Waals surface area contributed by atoms with Crippen LogP contribution in [0.2, 0.25) is 0 Å². The van der Waals surface area contributed by atoms with Gasteiger partial charge in [0.25, 0.3) is 0 Å². The van der Waals surface area contributed by atoms with Crippen LogP contribution in [-0.2, 0) is 4.79 Å². The molecule has 0 heterocycles. The number of aliphatic hydroxyl groups excluding tert-OH is 1. The van der Waals surface area contributed by atoms with Crippen LogP contribution >= 0.6 is 0 Å². The number of allylic oxidation sites excluding steroid dienone is 2. The highest BCUT2D eigenvalue weighted by atomic mass is 16.3. The van der Waals surface area contributed by atoms with E-state index in [9.17, 15) is 9.90 Å². The van der Waals surface area contributed by atoms with Gasteiger partial charge in [-0.1, -0.05) is 12.5 Å². The first kappa shape index (κ1) is 9.91. The number of ketones is 1. The lowest BCUT2D eigenvalue weighted by Crippen LogP contribution is -2.14. The maximum atomic E-state index is 11.6. The van der Waals surface area contributed by atoms with Crippen LogP contribution in [-0.4, -0.2) is 17.0 Å². The lowest BCUT2D eigenvalue weighted by Gasteiger charge is -2.18. The summed E-state index contributed by atoms with van der Waals surface area (Å²) in [6.07, 6.45) is 3.14. The predicted molar refractivity (Wildman–Crippen MR) is 54.8 cm³/mol. The molecular formula is C12H18O2. The Hall–Kier alpha value is -0.630. The molecule has 0 aromatic rings. The Morgan fingerprint density at radius 3 is 2.86 bits per heavy atom. The Balaban J connectivity index is 2.28. The average Bonchev–Trinajstić information content (AvgIpc) is 2.32. The Kier molecular flexibility index (Phi) is 2.48. The molecule has 14 heavy (non-hydrogen) atoms. The van der Waals surface area contributed by atoms with Gasteiger partial charge in [-0.15, -0.1) is 0 Å². The molecule has 0 unspecified atom stereocenters. The smallest absolute Gasteiger partial charge is 0.159 e. The number of carbonyl (C=O) groups is 1. The Morgan fingerprint density at radius 2 is 2.14 bits per heavy atom. The van der Waals surface area contributed by atoms with Crippen LogP contribution in [0.15, 0.2) is 11.1 Å². The van der Waals surface area contributed by atoms with E-state index in [0.29, 0.717) is 24.0 Å². The van der Waals surface area contributed by atoms with E-state index in [-0.39, 0.29) is 6.10 Å². The van der Waals surface area contributed by atoms with Crippen molar-refractivity contribution in [2.24, 2.45) is 11.8 Å². The summed E-state index contributed by atoms with van der Waals surface area (Å²) in [6.45, 7) is 4.10. The molecule has 0 saturated heterocycles. The third-order valence-corrected chi connectivity index (χ3v) is 3.83. The summed E-state index contributed by atoms with van der Waals surface area (Å²) in [5, 5.41) is 9.66. The van der Waals surface area contributed by atoms with Gasteiger partial charge < -0.3 is 5.11 Å². The Bertz CT molecular complexity index is 291. The average molecular weight is 194 g/mol. The highest BCUT2D eigenvalue weighted by Gasteiger charge is 2.35. The Morgan fingerprint density at radius 1 is 1.43 bits per heavy atom. The summed E-state index contributed by atoms with van der Waals surface area (Å²) < 4.78 is 0. The van der Waals surface area contributed by atoms with E-state index in [1.807, 2.05) is 6.92 Å². The topological polar surface area (TPSA) is 37.3 Å². The lowest BCUT2D eigenvalue weighted by molar-refractivity contribution is -0.115. The first-order valence-corrected chi connectivity index (χ1v) is 5.50. The molecule has 2 rings (SSSR count). The number of Topliss-reactive ketones (excluding diaryl/α,β-unsaturated/α-hetero) is 1. The molecule has 0 radical (unpaired) electrons. The third-order valence-electron chi connectivity index (χ3n) is 3.83.